The van der Waals surface area contributed by atoms with Crippen LogP contribution in [0.1, 0.15) is 30.6 Å². The number of aromatic hydroxyl groups is 1. The molecule has 1 aromatic carbocycles. The zero-order valence-corrected chi connectivity index (χ0v) is 13.2. The van der Waals surface area contributed by atoms with Crippen LogP contribution in [0.5, 0.6) is 5.75 Å². The van der Waals surface area contributed by atoms with E-state index >= 15 is 0 Å². The normalized spacial score (nSPS) is 11.5. The van der Waals surface area contributed by atoms with Gasteiger partial charge in [-0.1, -0.05) is 25.1 Å². The molecule has 2 rings (SSSR count). The van der Waals surface area contributed by atoms with Gasteiger partial charge in [-0.2, -0.15) is 5.10 Å². The average Bonchev–Trinajstić information content (AvgIpc) is 2.56. The molecule has 0 aliphatic heterocycles. The molecule has 0 bridgehead atoms. The van der Waals surface area contributed by atoms with Crippen LogP contribution in [0.15, 0.2) is 46.8 Å². The highest BCUT2D eigenvalue weighted by atomic mass is 16.3. The predicted octanol–water partition coefficient (Wildman–Crippen LogP) is 2.41. The van der Waals surface area contributed by atoms with Crippen molar-refractivity contribution < 1.29 is 9.90 Å². The fourth-order valence-corrected chi connectivity index (χ4v) is 2.19. The maximum Gasteiger partial charge on any atom is 0.280 e. The van der Waals surface area contributed by atoms with Crippen LogP contribution in [0.3, 0.4) is 0 Å². The quantitative estimate of drug-likeness (QED) is 0.505. The van der Waals surface area contributed by atoms with Crippen molar-refractivity contribution in [1.82, 2.24) is 9.99 Å². The number of amides is 1. The minimum atomic E-state index is -0.733. The molecule has 0 fully saturated rings. The van der Waals surface area contributed by atoms with Crippen molar-refractivity contribution in [3.63, 3.8) is 0 Å². The van der Waals surface area contributed by atoms with Gasteiger partial charge in [0.2, 0.25) is 0 Å². The number of benzene rings is 1. The average molecular weight is 313 g/mol. The number of allylic oxidation sites excluding steroid dienone is 1. The molecule has 0 aliphatic rings. The third-order valence-corrected chi connectivity index (χ3v) is 3.54. The molecule has 0 unspecified atom stereocenters. The second kappa shape index (κ2) is 6.91. The van der Waals surface area contributed by atoms with Gasteiger partial charge in [-0.15, -0.1) is 6.58 Å². The molecule has 2 aromatic rings. The summed E-state index contributed by atoms with van der Waals surface area (Å²) in [6.45, 7) is 7.52. The monoisotopic (exact) mass is 313 g/mol. The van der Waals surface area contributed by atoms with Crippen molar-refractivity contribution in [3.8, 4) is 5.75 Å². The van der Waals surface area contributed by atoms with Crippen molar-refractivity contribution in [2.45, 2.75) is 26.8 Å². The first-order valence-electron chi connectivity index (χ1n) is 7.30. The van der Waals surface area contributed by atoms with Gasteiger partial charge < -0.3 is 9.67 Å². The maximum absolute atomic E-state index is 12.6. The Kier molecular flexibility index (Phi) is 4.95. The van der Waals surface area contributed by atoms with E-state index in [0.717, 1.165) is 0 Å². The van der Waals surface area contributed by atoms with E-state index in [4.69, 9.17) is 0 Å². The Morgan fingerprint density at radius 2 is 2.13 bits per heavy atom. The first-order valence-corrected chi connectivity index (χ1v) is 7.30. The molecular weight excluding hydrogens is 294 g/mol. The number of nitrogens with zero attached hydrogens (tertiary/aromatic N) is 2. The SMILES string of the molecule is C=CCn1c(=O)c(C(=O)NN=C(C)CC)c(O)c2ccccc21. The van der Waals surface area contributed by atoms with Crippen LogP contribution in [-0.4, -0.2) is 21.3 Å². The molecule has 120 valence electrons. The second-order valence-electron chi connectivity index (χ2n) is 5.09. The molecule has 2 N–H and O–H groups in total. The molecule has 6 nitrogen and oxygen atoms in total. The summed E-state index contributed by atoms with van der Waals surface area (Å²) in [7, 11) is 0. The highest BCUT2D eigenvalue weighted by molar-refractivity contribution is 6.02. The Bertz CT molecular complexity index is 850. The third-order valence-electron chi connectivity index (χ3n) is 3.54. The number of pyridine rings is 1. The van der Waals surface area contributed by atoms with Gasteiger partial charge in [0, 0.05) is 17.6 Å². The summed E-state index contributed by atoms with van der Waals surface area (Å²) in [5.74, 6) is -1.07. The topological polar surface area (TPSA) is 83.7 Å². The van der Waals surface area contributed by atoms with Gasteiger partial charge in [0.1, 0.15) is 11.3 Å². The standard InChI is InChI=1S/C17H19N3O3/c1-4-10-20-13-9-7-6-8-12(13)15(21)14(17(20)23)16(22)19-18-11(3)5-2/h4,6-9,21H,1,5,10H2,2-3H3,(H,19,22). The molecule has 6 heteroatoms. The Morgan fingerprint density at radius 1 is 1.43 bits per heavy atom. The van der Waals surface area contributed by atoms with Crippen molar-refractivity contribution in [1.29, 1.82) is 0 Å². The number of hydrogen-bond donors (Lipinski definition) is 2. The minimum Gasteiger partial charge on any atom is -0.506 e. The fourth-order valence-electron chi connectivity index (χ4n) is 2.19. The molecule has 0 saturated heterocycles. The van der Waals surface area contributed by atoms with Crippen LogP contribution in [0.2, 0.25) is 0 Å². The fraction of sp³-hybridized carbons (Fsp3) is 0.235. The van der Waals surface area contributed by atoms with Crippen molar-refractivity contribution in [3.05, 3.63) is 52.8 Å². The third kappa shape index (κ3) is 3.15. The van der Waals surface area contributed by atoms with Gasteiger partial charge in [0.15, 0.2) is 0 Å². The van der Waals surface area contributed by atoms with Crippen LogP contribution in [-0.2, 0) is 6.54 Å². The van der Waals surface area contributed by atoms with E-state index in [9.17, 15) is 14.7 Å². The zero-order chi connectivity index (χ0) is 17.0. The molecule has 0 saturated carbocycles. The number of hydrogen-bond acceptors (Lipinski definition) is 4. The lowest BCUT2D eigenvalue weighted by molar-refractivity contribution is 0.0950. The minimum absolute atomic E-state index is 0.233. The van der Waals surface area contributed by atoms with Crippen molar-refractivity contribution in [2.24, 2.45) is 5.10 Å². The smallest absolute Gasteiger partial charge is 0.280 e. The number of rotatable bonds is 5. The van der Waals surface area contributed by atoms with Gasteiger partial charge in [0.05, 0.1) is 5.52 Å². The number of carbonyl (C=O) groups excluding carboxylic acids is 1. The van der Waals surface area contributed by atoms with E-state index in [2.05, 4.69) is 17.1 Å². The molecule has 1 heterocycles. The summed E-state index contributed by atoms with van der Waals surface area (Å²) in [6, 6.07) is 6.85. The Balaban J connectivity index is 2.66. The van der Waals surface area contributed by atoms with E-state index in [1.54, 1.807) is 37.3 Å². The van der Waals surface area contributed by atoms with Gasteiger partial charge >= 0.3 is 0 Å². The first kappa shape index (κ1) is 16.5. The predicted molar refractivity (Wildman–Crippen MR) is 90.9 cm³/mol. The van der Waals surface area contributed by atoms with Crippen LogP contribution >= 0.6 is 0 Å². The van der Waals surface area contributed by atoms with Crippen molar-refractivity contribution >= 4 is 22.5 Å². The Morgan fingerprint density at radius 3 is 2.78 bits per heavy atom. The maximum atomic E-state index is 12.6. The highest BCUT2D eigenvalue weighted by Gasteiger charge is 2.21. The molecule has 1 aromatic heterocycles. The number of para-hydroxylation sites is 1. The van der Waals surface area contributed by atoms with E-state index in [0.29, 0.717) is 23.0 Å². The van der Waals surface area contributed by atoms with Crippen LogP contribution < -0.4 is 11.0 Å². The lowest BCUT2D eigenvalue weighted by atomic mass is 10.1. The second-order valence-corrected chi connectivity index (χ2v) is 5.09. The summed E-state index contributed by atoms with van der Waals surface area (Å²) in [5.41, 5.74) is 2.67. The Labute approximate surface area is 133 Å². The summed E-state index contributed by atoms with van der Waals surface area (Å²) < 4.78 is 1.40. The summed E-state index contributed by atoms with van der Waals surface area (Å²) in [6.07, 6.45) is 2.23. The summed E-state index contributed by atoms with van der Waals surface area (Å²) in [5, 5.41) is 14.7. The molecular formula is C17H19N3O3. The molecule has 0 spiro atoms. The Hall–Kier alpha value is -2.89. The number of nitrogens with one attached hydrogen (secondary N) is 1. The van der Waals surface area contributed by atoms with Gasteiger partial charge in [0.25, 0.3) is 11.5 Å². The molecule has 0 atom stereocenters. The molecule has 0 radical (unpaired) electrons. The van der Waals surface area contributed by atoms with Crippen molar-refractivity contribution in [2.75, 3.05) is 0 Å². The number of carbonyl (C=O) groups is 1. The van der Waals surface area contributed by atoms with Crippen LogP contribution in [0.4, 0.5) is 0 Å². The van der Waals surface area contributed by atoms with Gasteiger partial charge in [-0.25, -0.2) is 5.43 Å². The summed E-state index contributed by atoms with van der Waals surface area (Å²) in [4.78, 5) is 24.9. The van der Waals surface area contributed by atoms with E-state index in [1.807, 2.05) is 6.92 Å². The van der Waals surface area contributed by atoms with Crippen LogP contribution in [0.25, 0.3) is 10.9 Å². The largest absolute Gasteiger partial charge is 0.506 e. The lowest BCUT2D eigenvalue weighted by Gasteiger charge is -2.13. The number of fused-ring (bicyclic) bond motifs is 1. The zero-order valence-electron chi connectivity index (χ0n) is 13.2. The first-order chi connectivity index (χ1) is 11.0. The molecule has 0 aliphatic carbocycles. The van der Waals surface area contributed by atoms with E-state index in [1.165, 1.54) is 4.57 Å². The molecule has 1 amide bonds. The molecule has 23 heavy (non-hydrogen) atoms. The van der Waals surface area contributed by atoms with Gasteiger partial charge in [-0.05, 0) is 25.5 Å². The van der Waals surface area contributed by atoms with E-state index in [-0.39, 0.29) is 17.9 Å². The number of hydrazone groups is 1. The van der Waals surface area contributed by atoms with Crippen LogP contribution in [0, 0.1) is 0 Å². The number of aromatic nitrogens is 1. The van der Waals surface area contributed by atoms with E-state index < -0.39 is 11.5 Å². The highest BCUT2D eigenvalue weighted by Crippen LogP contribution is 2.26. The lowest BCUT2D eigenvalue weighted by Crippen LogP contribution is -2.31. The summed E-state index contributed by atoms with van der Waals surface area (Å²) >= 11 is 0. The van der Waals surface area contributed by atoms with Gasteiger partial charge in [-0.3, -0.25) is 9.59 Å².